The molecule has 0 aliphatic heterocycles. The van der Waals surface area contributed by atoms with Crippen molar-refractivity contribution in [3.8, 4) is 11.5 Å². The van der Waals surface area contributed by atoms with Crippen molar-refractivity contribution < 1.29 is 4.74 Å². The van der Waals surface area contributed by atoms with Gasteiger partial charge in [-0.2, -0.15) is 0 Å². The highest BCUT2D eigenvalue weighted by molar-refractivity contribution is 5.91. The summed E-state index contributed by atoms with van der Waals surface area (Å²) in [5.74, 6) is 1.75. The number of hydrogen-bond donors (Lipinski definition) is 1. The Balaban J connectivity index is 1.96. The zero-order valence-electron chi connectivity index (χ0n) is 16.2. The number of rotatable bonds is 7. The van der Waals surface area contributed by atoms with Crippen molar-refractivity contribution in [2.75, 3.05) is 29.9 Å². The van der Waals surface area contributed by atoms with Gasteiger partial charge in [-0.1, -0.05) is 12.1 Å². The molecule has 0 saturated heterocycles. The summed E-state index contributed by atoms with van der Waals surface area (Å²) >= 11 is 0. The molecule has 0 bridgehead atoms. The van der Waals surface area contributed by atoms with Crippen LogP contribution in [-0.2, 0) is 0 Å². The van der Waals surface area contributed by atoms with Gasteiger partial charge >= 0.3 is 0 Å². The quantitative estimate of drug-likeness (QED) is 0.548. The van der Waals surface area contributed by atoms with E-state index in [0.29, 0.717) is 0 Å². The topological polar surface area (TPSA) is 24.5 Å². The number of nitrogens with zero attached hydrogens (tertiary/aromatic N) is 1. The van der Waals surface area contributed by atoms with Crippen molar-refractivity contribution in [1.29, 1.82) is 0 Å². The minimum atomic E-state index is 0.862. The van der Waals surface area contributed by atoms with Crippen molar-refractivity contribution >= 4 is 22.1 Å². The predicted molar refractivity (Wildman–Crippen MR) is 113 cm³/mol. The van der Waals surface area contributed by atoms with E-state index in [4.69, 9.17) is 4.74 Å². The van der Waals surface area contributed by atoms with E-state index < -0.39 is 0 Å². The minimum Gasteiger partial charge on any atom is -0.457 e. The zero-order chi connectivity index (χ0) is 18.5. The van der Waals surface area contributed by atoms with Crippen LogP contribution < -0.4 is 15.0 Å². The summed E-state index contributed by atoms with van der Waals surface area (Å²) in [6, 6.07) is 19.1. The van der Waals surface area contributed by atoms with Gasteiger partial charge in [0.15, 0.2) is 0 Å². The third kappa shape index (κ3) is 3.93. The van der Waals surface area contributed by atoms with Crippen molar-refractivity contribution in [2.24, 2.45) is 0 Å². The lowest BCUT2D eigenvalue weighted by Gasteiger charge is -2.21. The number of aryl methyl sites for hydroxylation is 1. The van der Waals surface area contributed by atoms with E-state index in [9.17, 15) is 0 Å². The fourth-order valence-corrected chi connectivity index (χ4v) is 3.36. The van der Waals surface area contributed by atoms with E-state index in [1.807, 2.05) is 6.07 Å². The van der Waals surface area contributed by atoms with Gasteiger partial charge in [0.2, 0.25) is 0 Å². The highest BCUT2D eigenvalue weighted by Crippen LogP contribution is 2.33. The van der Waals surface area contributed by atoms with Crippen molar-refractivity contribution in [1.82, 2.24) is 0 Å². The third-order valence-corrected chi connectivity index (χ3v) is 4.61. The van der Waals surface area contributed by atoms with Gasteiger partial charge in [-0.25, -0.2) is 0 Å². The Bertz CT molecular complexity index is 885. The highest BCUT2D eigenvalue weighted by Gasteiger charge is 2.08. The molecule has 26 heavy (non-hydrogen) atoms. The SMILES string of the molecule is CCNc1cc(C)cc(Oc2cccc3cc(N(CC)CC)ccc23)c1. The second kappa shape index (κ2) is 8.13. The van der Waals surface area contributed by atoms with Gasteiger partial charge in [0, 0.05) is 42.5 Å². The Morgan fingerprint density at radius 1 is 0.923 bits per heavy atom. The van der Waals surface area contributed by atoms with E-state index in [1.165, 1.54) is 16.6 Å². The second-order valence-electron chi connectivity index (χ2n) is 6.50. The van der Waals surface area contributed by atoms with Crippen LogP contribution in [0.15, 0.2) is 54.6 Å². The summed E-state index contributed by atoms with van der Waals surface area (Å²) in [5, 5.41) is 5.69. The summed E-state index contributed by atoms with van der Waals surface area (Å²) in [5.41, 5.74) is 3.53. The molecule has 0 unspecified atom stereocenters. The monoisotopic (exact) mass is 348 g/mol. The van der Waals surface area contributed by atoms with Gasteiger partial charge < -0.3 is 15.0 Å². The first-order chi connectivity index (χ1) is 12.6. The van der Waals surface area contributed by atoms with E-state index in [-0.39, 0.29) is 0 Å². The molecule has 3 nitrogen and oxygen atoms in total. The molecular formula is C23H28N2O. The van der Waals surface area contributed by atoms with Gasteiger partial charge in [-0.15, -0.1) is 0 Å². The van der Waals surface area contributed by atoms with Gasteiger partial charge in [0.05, 0.1) is 0 Å². The molecule has 0 radical (unpaired) electrons. The first-order valence-electron chi connectivity index (χ1n) is 9.45. The van der Waals surface area contributed by atoms with Crippen LogP contribution in [-0.4, -0.2) is 19.6 Å². The van der Waals surface area contributed by atoms with Gasteiger partial charge in [0.25, 0.3) is 0 Å². The lowest BCUT2D eigenvalue weighted by atomic mass is 10.1. The maximum absolute atomic E-state index is 6.26. The molecule has 0 aliphatic carbocycles. The Labute approximate surface area is 156 Å². The second-order valence-corrected chi connectivity index (χ2v) is 6.50. The standard InChI is InChI=1S/C23H28N2O/c1-5-24-19-13-17(4)14-21(16-19)26-23-10-8-9-18-15-20(11-12-22(18)23)25(6-2)7-3/h8-16,24H,5-7H2,1-4H3. The molecule has 3 aromatic rings. The summed E-state index contributed by atoms with van der Waals surface area (Å²) in [4.78, 5) is 2.36. The molecule has 0 fully saturated rings. The van der Waals surface area contributed by atoms with Crippen molar-refractivity contribution in [3.05, 3.63) is 60.2 Å². The molecule has 0 aromatic heterocycles. The van der Waals surface area contributed by atoms with Crippen LogP contribution in [0, 0.1) is 6.92 Å². The summed E-state index contributed by atoms with van der Waals surface area (Å²) in [7, 11) is 0. The first-order valence-corrected chi connectivity index (χ1v) is 9.45. The van der Waals surface area contributed by atoms with E-state index in [1.54, 1.807) is 0 Å². The first kappa shape index (κ1) is 18.1. The molecule has 0 saturated carbocycles. The number of anilines is 2. The molecule has 136 valence electrons. The number of hydrogen-bond acceptors (Lipinski definition) is 3. The van der Waals surface area contributed by atoms with Gasteiger partial charge in [0.1, 0.15) is 11.5 Å². The smallest absolute Gasteiger partial charge is 0.135 e. The summed E-state index contributed by atoms with van der Waals surface area (Å²) in [6.07, 6.45) is 0. The molecule has 3 rings (SSSR count). The maximum atomic E-state index is 6.26. The molecule has 3 heteroatoms. The number of benzene rings is 3. The summed E-state index contributed by atoms with van der Waals surface area (Å²) in [6.45, 7) is 11.5. The van der Waals surface area contributed by atoms with Crippen LogP contribution >= 0.6 is 0 Å². The molecule has 0 atom stereocenters. The van der Waals surface area contributed by atoms with E-state index in [2.05, 4.69) is 86.4 Å². The molecule has 3 aromatic carbocycles. The van der Waals surface area contributed by atoms with Crippen molar-refractivity contribution in [2.45, 2.75) is 27.7 Å². The third-order valence-electron chi connectivity index (χ3n) is 4.61. The van der Waals surface area contributed by atoms with Crippen LogP contribution in [0.2, 0.25) is 0 Å². The van der Waals surface area contributed by atoms with Crippen LogP contribution in [0.1, 0.15) is 26.3 Å². The highest BCUT2D eigenvalue weighted by atomic mass is 16.5. The number of ether oxygens (including phenoxy) is 1. The number of fused-ring (bicyclic) bond motifs is 1. The van der Waals surface area contributed by atoms with Crippen LogP contribution in [0.25, 0.3) is 10.8 Å². The van der Waals surface area contributed by atoms with Gasteiger partial charge in [-0.3, -0.25) is 0 Å². The average molecular weight is 348 g/mol. The lowest BCUT2D eigenvalue weighted by Crippen LogP contribution is -2.21. The zero-order valence-corrected chi connectivity index (χ0v) is 16.2. The maximum Gasteiger partial charge on any atom is 0.135 e. The Hall–Kier alpha value is -2.68. The molecule has 0 amide bonds. The fourth-order valence-electron chi connectivity index (χ4n) is 3.36. The normalized spacial score (nSPS) is 10.8. The van der Waals surface area contributed by atoms with E-state index in [0.717, 1.165) is 42.2 Å². The average Bonchev–Trinajstić information content (AvgIpc) is 2.63. The molecule has 1 N–H and O–H groups in total. The Morgan fingerprint density at radius 2 is 1.73 bits per heavy atom. The minimum absolute atomic E-state index is 0.862. The number of nitrogens with one attached hydrogen (secondary N) is 1. The molecule has 0 heterocycles. The largest absolute Gasteiger partial charge is 0.457 e. The Kier molecular flexibility index (Phi) is 5.67. The van der Waals surface area contributed by atoms with E-state index >= 15 is 0 Å². The molecular weight excluding hydrogens is 320 g/mol. The molecule has 0 spiro atoms. The Morgan fingerprint density at radius 3 is 2.46 bits per heavy atom. The van der Waals surface area contributed by atoms with Crippen LogP contribution in [0.3, 0.4) is 0 Å². The van der Waals surface area contributed by atoms with Crippen LogP contribution in [0.5, 0.6) is 11.5 Å². The molecule has 0 aliphatic rings. The fraction of sp³-hybridized carbons (Fsp3) is 0.304. The lowest BCUT2D eigenvalue weighted by molar-refractivity contribution is 0.488. The van der Waals surface area contributed by atoms with Crippen molar-refractivity contribution in [3.63, 3.8) is 0 Å². The van der Waals surface area contributed by atoms with Crippen LogP contribution in [0.4, 0.5) is 11.4 Å². The summed E-state index contributed by atoms with van der Waals surface area (Å²) < 4.78 is 6.26. The predicted octanol–water partition coefficient (Wildman–Crippen LogP) is 6.22. The van der Waals surface area contributed by atoms with Gasteiger partial charge in [-0.05, 0) is 75.0 Å².